The van der Waals surface area contributed by atoms with E-state index in [4.69, 9.17) is 11.6 Å². The average Bonchev–Trinajstić information content (AvgIpc) is 3.47. The van der Waals surface area contributed by atoms with Crippen LogP contribution in [0.4, 0.5) is 18.9 Å². The number of rotatable bonds is 8. The molecule has 0 spiro atoms. The minimum Gasteiger partial charge on any atom is -0.387 e. The molecular formula is C29H32ClF3N2O5S. The maximum atomic E-state index is 13.8. The zero-order valence-corrected chi connectivity index (χ0v) is 24.2. The topological polar surface area (TPSA) is 113 Å². The quantitative estimate of drug-likeness (QED) is 0.272. The minimum absolute atomic E-state index is 0.00968. The number of benzene rings is 2. The summed E-state index contributed by atoms with van der Waals surface area (Å²) >= 11 is 6.28. The summed E-state index contributed by atoms with van der Waals surface area (Å²) < 4.78 is 68.0. The Bertz CT molecular complexity index is 1450. The smallest absolute Gasteiger partial charge is 0.255 e. The van der Waals surface area contributed by atoms with Gasteiger partial charge in [-0.15, -0.1) is 0 Å². The van der Waals surface area contributed by atoms with Crippen molar-refractivity contribution in [3.05, 3.63) is 70.5 Å². The molecule has 0 bridgehead atoms. The van der Waals surface area contributed by atoms with Crippen LogP contribution >= 0.6 is 11.6 Å². The van der Waals surface area contributed by atoms with E-state index < -0.39 is 55.9 Å². The molecule has 0 aromatic heterocycles. The number of nitrogens with one attached hydrogen (secondary N) is 2. The van der Waals surface area contributed by atoms with Crippen molar-refractivity contribution in [1.82, 2.24) is 5.32 Å². The lowest BCUT2D eigenvalue weighted by Gasteiger charge is -2.47. The lowest BCUT2D eigenvalue weighted by molar-refractivity contribution is -0.129. The minimum atomic E-state index is -4.10. The molecule has 222 valence electrons. The molecule has 1 saturated carbocycles. The van der Waals surface area contributed by atoms with Gasteiger partial charge in [0.1, 0.15) is 0 Å². The van der Waals surface area contributed by atoms with E-state index in [1.54, 1.807) is 6.92 Å². The van der Waals surface area contributed by atoms with E-state index in [0.29, 0.717) is 31.4 Å². The van der Waals surface area contributed by atoms with E-state index in [0.717, 1.165) is 6.07 Å². The second kappa shape index (κ2) is 12.1. The highest BCUT2D eigenvalue weighted by Gasteiger charge is 2.50. The Balaban J connectivity index is 1.53. The molecule has 2 aliphatic rings. The van der Waals surface area contributed by atoms with E-state index in [9.17, 15) is 36.3 Å². The molecule has 1 unspecified atom stereocenters. The highest BCUT2D eigenvalue weighted by Crippen LogP contribution is 2.44. The van der Waals surface area contributed by atoms with E-state index in [1.807, 2.05) is 19.1 Å². The molecule has 12 heteroatoms. The fraction of sp³-hybridized carbons (Fsp3) is 0.448. The fourth-order valence-electron chi connectivity index (χ4n) is 5.79. The summed E-state index contributed by atoms with van der Waals surface area (Å²) in [6.07, 6.45) is 5.85. The Kier molecular flexibility index (Phi) is 9.20. The first-order valence-corrected chi connectivity index (χ1v) is 15.3. The first-order valence-electron chi connectivity index (χ1n) is 13.4. The molecule has 4 atom stereocenters. The van der Waals surface area contributed by atoms with Crippen LogP contribution in [-0.4, -0.2) is 42.7 Å². The van der Waals surface area contributed by atoms with Gasteiger partial charge in [-0.1, -0.05) is 44.0 Å². The first-order chi connectivity index (χ1) is 19.3. The van der Waals surface area contributed by atoms with Crippen LogP contribution in [0.1, 0.15) is 56.3 Å². The second-order valence-corrected chi connectivity index (χ2v) is 13.5. The summed E-state index contributed by atoms with van der Waals surface area (Å²) in [7, 11) is -4.10. The molecule has 41 heavy (non-hydrogen) atoms. The Labute approximate surface area is 242 Å². The van der Waals surface area contributed by atoms with Crippen LogP contribution in [0.5, 0.6) is 0 Å². The number of hydrogen-bond donors (Lipinski definition) is 3. The predicted molar refractivity (Wildman–Crippen MR) is 149 cm³/mol. The van der Waals surface area contributed by atoms with Crippen LogP contribution in [0.25, 0.3) is 0 Å². The molecule has 3 N–H and O–H groups in total. The van der Waals surface area contributed by atoms with Crippen molar-refractivity contribution in [1.29, 1.82) is 0 Å². The van der Waals surface area contributed by atoms with Crippen LogP contribution < -0.4 is 10.6 Å². The van der Waals surface area contributed by atoms with Gasteiger partial charge in [0.2, 0.25) is 5.91 Å². The van der Waals surface area contributed by atoms with Crippen LogP contribution in [0.15, 0.2) is 47.4 Å². The molecule has 0 aliphatic heterocycles. The summed E-state index contributed by atoms with van der Waals surface area (Å²) in [5.41, 5.74) is -1.81. The number of halogens is 4. The standard InChI is InChI=1S/C29H32ClF3N2O5S/c1-3-19-12-21(10-16(2)29(19,38)15-34-27(36)17-6-4-5-7-17)41(39,40)25-11-18(8-9-22(25)30)28(37)35-20-13-23(31)26(33)24(32)14-20/h4-5,8-9,11,13-14,16-17,19,21,38H,3,6-7,10,12,15H2,1-2H3,(H,34,36)(H,35,37)/t16-,19?,21-,29-/m0/s1. The Morgan fingerprint density at radius 2 is 1.71 bits per heavy atom. The third-order valence-electron chi connectivity index (χ3n) is 8.32. The molecule has 0 heterocycles. The number of carbonyl (C=O) groups excluding carboxylic acids is 2. The lowest BCUT2D eigenvalue weighted by Crippen LogP contribution is -2.58. The largest absolute Gasteiger partial charge is 0.387 e. The molecule has 2 aliphatic carbocycles. The highest BCUT2D eigenvalue weighted by atomic mass is 35.5. The number of carbonyl (C=O) groups is 2. The molecule has 2 amide bonds. The van der Waals surface area contributed by atoms with Gasteiger partial charge in [-0.3, -0.25) is 9.59 Å². The van der Waals surface area contributed by atoms with E-state index in [1.165, 1.54) is 12.1 Å². The van der Waals surface area contributed by atoms with Crippen molar-refractivity contribution in [3.8, 4) is 0 Å². The first kappa shape index (κ1) is 31.1. The molecule has 0 saturated heterocycles. The lowest BCUT2D eigenvalue weighted by atomic mass is 9.67. The van der Waals surface area contributed by atoms with Crippen LogP contribution in [-0.2, 0) is 14.6 Å². The molecule has 1 fully saturated rings. The van der Waals surface area contributed by atoms with E-state index in [2.05, 4.69) is 10.6 Å². The number of aliphatic hydroxyl groups is 1. The normalized spacial score (nSPS) is 24.8. The van der Waals surface area contributed by atoms with Crippen LogP contribution in [0, 0.1) is 35.2 Å². The van der Waals surface area contributed by atoms with Gasteiger partial charge in [0, 0.05) is 35.8 Å². The molecule has 4 rings (SSSR count). The average molecular weight is 613 g/mol. The second-order valence-electron chi connectivity index (χ2n) is 10.8. The van der Waals surface area contributed by atoms with Crippen molar-refractivity contribution in [2.45, 2.75) is 61.7 Å². The van der Waals surface area contributed by atoms with Crippen molar-refractivity contribution in [3.63, 3.8) is 0 Å². The molecule has 0 radical (unpaired) electrons. The zero-order chi connectivity index (χ0) is 30.1. The van der Waals surface area contributed by atoms with Gasteiger partial charge in [-0.2, -0.15) is 0 Å². The van der Waals surface area contributed by atoms with Crippen LogP contribution in [0.2, 0.25) is 5.02 Å². The fourth-order valence-corrected chi connectivity index (χ4v) is 8.25. The number of sulfone groups is 1. The maximum absolute atomic E-state index is 13.8. The molecule has 2 aromatic carbocycles. The summed E-state index contributed by atoms with van der Waals surface area (Å²) in [6, 6.07) is 4.79. The number of anilines is 1. The van der Waals surface area contributed by atoms with E-state index in [-0.39, 0.29) is 52.4 Å². The van der Waals surface area contributed by atoms with Gasteiger partial charge in [0.15, 0.2) is 27.3 Å². The van der Waals surface area contributed by atoms with Crippen molar-refractivity contribution < 1.29 is 36.3 Å². The molecule has 7 nitrogen and oxygen atoms in total. The zero-order valence-electron chi connectivity index (χ0n) is 22.6. The number of amides is 2. The van der Waals surface area contributed by atoms with Gasteiger partial charge in [0.25, 0.3) is 5.91 Å². The summed E-state index contributed by atoms with van der Waals surface area (Å²) in [5.74, 6) is -6.80. The van der Waals surface area contributed by atoms with Crippen molar-refractivity contribution in [2.75, 3.05) is 11.9 Å². The summed E-state index contributed by atoms with van der Waals surface area (Å²) in [5, 5.41) is 15.7. The number of hydrogen-bond acceptors (Lipinski definition) is 5. The molecule has 2 aromatic rings. The number of allylic oxidation sites excluding steroid dienone is 2. The third kappa shape index (κ3) is 6.32. The van der Waals surface area contributed by atoms with Gasteiger partial charge < -0.3 is 15.7 Å². The van der Waals surface area contributed by atoms with E-state index >= 15 is 0 Å². The Morgan fingerprint density at radius 1 is 1.07 bits per heavy atom. The van der Waals surface area contributed by atoms with Gasteiger partial charge in [-0.05, 0) is 55.7 Å². The van der Waals surface area contributed by atoms with Gasteiger partial charge in [-0.25, -0.2) is 21.6 Å². The maximum Gasteiger partial charge on any atom is 0.255 e. The van der Waals surface area contributed by atoms with Crippen LogP contribution in [0.3, 0.4) is 0 Å². The van der Waals surface area contributed by atoms with Gasteiger partial charge in [0.05, 0.1) is 20.8 Å². The monoisotopic (exact) mass is 612 g/mol. The summed E-state index contributed by atoms with van der Waals surface area (Å²) in [4.78, 5) is 25.1. The van der Waals surface area contributed by atoms with Crippen molar-refractivity contribution >= 4 is 38.9 Å². The van der Waals surface area contributed by atoms with Crippen molar-refractivity contribution in [2.24, 2.45) is 17.8 Å². The van der Waals surface area contributed by atoms with Gasteiger partial charge >= 0.3 is 0 Å². The Hall–Kier alpha value is -2.89. The summed E-state index contributed by atoms with van der Waals surface area (Å²) in [6.45, 7) is 3.61. The Morgan fingerprint density at radius 3 is 2.32 bits per heavy atom. The highest BCUT2D eigenvalue weighted by molar-refractivity contribution is 7.92. The third-order valence-corrected chi connectivity index (χ3v) is 11.0. The SMILES string of the molecule is CCC1C[C@@H](S(=O)(=O)c2cc(C(=O)Nc3cc(F)c(F)c(F)c3)ccc2Cl)C[C@H](C)[C@@]1(O)CNC(=O)C1CC=CC1. The predicted octanol–water partition coefficient (Wildman–Crippen LogP) is 5.42. The molecular weight excluding hydrogens is 581 g/mol.